The Morgan fingerprint density at radius 3 is 2.60 bits per heavy atom. The molecule has 1 aromatic rings. The molecule has 0 aliphatic carbocycles. The highest BCUT2D eigenvalue weighted by Crippen LogP contribution is 2.14. The Morgan fingerprint density at radius 1 is 1.35 bits per heavy atom. The molecule has 0 saturated carbocycles. The van der Waals surface area contributed by atoms with E-state index in [4.69, 9.17) is 5.11 Å². The Morgan fingerprint density at radius 2 is 2.05 bits per heavy atom. The number of carboxylic acid groups (broad SMARTS) is 1. The van der Waals surface area contributed by atoms with Crippen LogP contribution in [0.4, 0.5) is 0 Å². The van der Waals surface area contributed by atoms with Crippen LogP contribution < -0.4 is 10.6 Å². The minimum Gasteiger partial charge on any atom is -0.480 e. The smallest absolute Gasteiger partial charge is 0.322 e. The zero-order valence-electron chi connectivity index (χ0n) is 10.6. The van der Waals surface area contributed by atoms with Crippen molar-refractivity contribution in [1.82, 2.24) is 10.6 Å². The molecule has 0 unspecified atom stereocenters. The molecule has 0 aliphatic rings. The number of hydrogen-bond donors (Lipinski definition) is 3. The van der Waals surface area contributed by atoms with E-state index >= 15 is 0 Å². The average molecular weight is 341 g/mol. The van der Waals surface area contributed by atoms with Gasteiger partial charge in [-0.05, 0) is 23.8 Å². The Hall–Kier alpha value is -2.15. The Balaban J connectivity index is 2.96. The minimum absolute atomic E-state index is 0.0168. The molecule has 0 fully saturated rings. The van der Waals surface area contributed by atoms with Crippen molar-refractivity contribution in [2.75, 3.05) is 6.54 Å². The molecule has 1 rings (SSSR count). The maximum Gasteiger partial charge on any atom is 0.322 e. The van der Waals surface area contributed by atoms with Crippen molar-refractivity contribution in [1.29, 1.82) is 0 Å². The van der Waals surface area contributed by atoms with Crippen LogP contribution in [0, 0.1) is 0 Å². The van der Waals surface area contributed by atoms with Gasteiger partial charge in [0.25, 0.3) is 5.91 Å². The predicted molar refractivity (Wildman–Crippen MR) is 76.6 cm³/mol. The Labute approximate surface area is 124 Å². The lowest BCUT2D eigenvalue weighted by Gasteiger charge is -2.08. The first-order valence-electron chi connectivity index (χ1n) is 5.63. The third-order valence-corrected chi connectivity index (χ3v) is 2.61. The largest absolute Gasteiger partial charge is 0.480 e. The number of carboxylic acids is 1. The second-order valence-corrected chi connectivity index (χ2v) is 4.79. The minimum atomic E-state index is -1.16. The molecule has 7 heteroatoms. The lowest BCUT2D eigenvalue weighted by Crippen LogP contribution is -2.36. The summed E-state index contributed by atoms with van der Waals surface area (Å²) in [5.74, 6) is -2.25. The van der Waals surface area contributed by atoms with E-state index in [9.17, 15) is 14.4 Å². The summed E-state index contributed by atoms with van der Waals surface area (Å²) in [6, 6.07) is 7.10. The van der Waals surface area contributed by atoms with Crippen molar-refractivity contribution < 1.29 is 19.5 Å². The molecule has 0 saturated heterocycles. The molecule has 0 bridgehead atoms. The Bertz CT molecular complexity index is 569. The first kappa shape index (κ1) is 15.9. The monoisotopic (exact) mass is 340 g/mol. The number of carbonyl (C=O) groups is 3. The Kier molecular flexibility index (Phi) is 5.92. The average Bonchev–Trinajstić information content (AvgIpc) is 2.34. The summed E-state index contributed by atoms with van der Waals surface area (Å²) >= 11 is 3.29. The van der Waals surface area contributed by atoms with Crippen molar-refractivity contribution in [2.45, 2.75) is 6.92 Å². The SMILES string of the molecule is CC(=O)N/C(=C/c1cccc(Br)c1)C(=O)NCC(=O)O. The maximum absolute atomic E-state index is 11.8. The van der Waals surface area contributed by atoms with E-state index in [0.717, 1.165) is 4.47 Å². The fourth-order valence-electron chi connectivity index (χ4n) is 1.36. The highest BCUT2D eigenvalue weighted by atomic mass is 79.9. The fourth-order valence-corrected chi connectivity index (χ4v) is 1.78. The van der Waals surface area contributed by atoms with Crippen LogP contribution in [-0.2, 0) is 14.4 Å². The molecule has 106 valence electrons. The second kappa shape index (κ2) is 7.44. The van der Waals surface area contributed by atoms with Crippen molar-refractivity contribution in [3.63, 3.8) is 0 Å². The molecule has 20 heavy (non-hydrogen) atoms. The predicted octanol–water partition coefficient (Wildman–Crippen LogP) is 1.13. The van der Waals surface area contributed by atoms with Gasteiger partial charge in [0, 0.05) is 11.4 Å². The molecule has 3 N–H and O–H groups in total. The molecule has 1 aromatic carbocycles. The summed E-state index contributed by atoms with van der Waals surface area (Å²) in [6.07, 6.45) is 1.46. The normalized spacial score (nSPS) is 10.8. The summed E-state index contributed by atoms with van der Waals surface area (Å²) in [4.78, 5) is 33.3. The number of carbonyl (C=O) groups excluding carboxylic acids is 2. The standard InChI is InChI=1S/C13H13BrN2O4/c1-8(17)16-11(13(20)15-7-12(18)19)6-9-3-2-4-10(14)5-9/h2-6H,7H2,1H3,(H,15,20)(H,16,17)(H,18,19)/b11-6+. The highest BCUT2D eigenvalue weighted by molar-refractivity contribution is 9.10. The number of nitrogens with one attached hydrogen (secondary N) is 2. The van der Waals surface area contributed by atoms with E-state index in [0.29, 0.717) is 5.56 Å². The van der Waals surface area contributed by atoms with Crippen LogP contribution >= 0.6 is 15.9 Å². The lowest BCUT2D eigenvalue weighted by atomic mass is 10.2. The highest BCUT2D eigenvalue weighted by Gasteiger charge is 2.12. The van der Waals surface area contributed by atoms with Gasteiger partial charge in [-0.1, -0.05) is 28.1 Å². The van der Waals surface area contributed by atoms with E-state index in [2.05, 4.69) is 26.6 Å². The van der Waals surface area contributed by atoms with Crippen molar-refractivity contribution in [2.24, 2.45) is 0 Å². The zero-order chi connectivity index (χ0) is 15.1. The molecule has 0 heterocycles. The van der Waals surface area contributed by atoms with Gasteiger partial charge in [-0.25, -0.2) is 0 Å². The van der Waals surface area contributed by atoms with Crippen LogP contribution in [0.5, 0.6) is 0 Å². The summed E-state index contributed by atoms with van der Waals surface area (Å²) in [5.41, 5.74) is 0.672. The van der Waals surface area contributed by atoms with Crippen molar-refractivity contribution in [3.05, 3.63) is 40.0 Å². The van der Waals surface area contributed by atoms with Crippen LogP contribution in [0.3, 0.4) is 0 Å². The van der Waals surface area contributed by atoms with Gasteiger partial charge in [0.2, 0.25) is 5.91 Å². The maximum atomic E-state index is 11.8. The number of amides is 2. The summed E-state index contributed by atoms with van der Waals surface area (Å²) < 4.78 is 0.819. The molecule has 0 spiro atoms. The van der Waals surface area contributed by atoms with E-state index in [1.165, 1.54) is 13.0 Å². The number of rotatable bonds is 5. The van der Waals surface area contributed by atoms with Crippen LogP contribution in [0.15, 0.2) is 34.4 Å². The van der Waals surface area contributed by atoms with E-state index in [1.807, 2.05) is 6.07 Å². The van der Waals surface area contributed by atoms with Gasteiger partial charge in [-0.15, -0.1) is 0 Å². The second-order valence-electron chi connectivity index (χ2n) is 3.87. The number of halogens is 1. The van der Waals surface area contributed by atoms with Gasteiger partial charge in [-0.2, -0.15) is 0 Å². The summed E-state index contributed by atoms with van der Waals surface area (Å²) in [5, 5.41) is 13.1. The molecule has 6 nitrogen and oxygen atoms in total. The zero-order valence-corrected chi connectivity index (χ0v) is 12.2. The fraction of sp³-hybridized carbons (Fsp3) is 0.154. The number of benzene rings is 1. The molecule has 2 amide bonds. The van der Waals surface area contributed by atoms with Gasteiger partial charge in [0.1, 0.15) is 12.2 Å². The van der Waals surface area contributed by atoms with Gasteiger partial charge in [-0.3, -0.25) is 14.4 Å². The molecule has 0 aliphatic heterocycles. The van der Waals surface area contributed by atoms with Crippen LogP contribution in [-0.4, -0.2) is 29.4 Å². The first-order valence-corrected chi connectivity index (χ1v) is 6.42. The topological polar surface area (TPSA) is 95.5 Å². The number of hydrogen-bond acceptors (Lipinski definition) is 3. The third kappa shape index (κ3) is 5.66. The third-order valence-electron chi connectivity index (χ3n) is 2.12. The molecule has 0 radical (unpaired) electrons. The van der Waals surface area contributed by atoms with Gasteiger partial charge in [0.15, 0.2) is 0 Å². The van der Waals surface area contributed by atoms with Crippen LogP contribution in [0.1, 0.15) is 12.5 Å². The quantitative estimate of drug-likeness (QED) is 0.700. The van der Waals surface area contributed by atoms with E-state index < -0.39 is 24.3 Å². The van der Waals surface area contributed by atoms with E-state index in [1.54, 1.807) is 18.2 Å². The van der Waals surface area contributed by atoms with Crippen LogP contribution in [0.2, 0.25) is 0 Å². The summed E-state index contributed by atoms with van der Waals surface area (Å²) in [7, 11) is 0. The molecule has 0 aromatic heterocycles. The molecular formula is C13H13BrN2O4. The van der Waals surface area contributed by atoms with Crippen LogP contribution in [0.25, 0.3) is 6.08 Å². The first-order chi connectivity index (χ1) is 9.38. The van der Waals surface area contributed by atoms with E-state index in [-0.39, 0.29) is 5.70 Å². The van der Waals surface area contributed by atoms with Gasteiger partial charge >= 0.3 is 5.97 Å². The van der Waals surface area contributed by atoms with Gasteiger partial charge < -0.3 is 15.7 Å². The molecule has 0 atom stereocenters. The van der Waals surface area contributed by atoms with Crippen molar-refractivity contribution >= 4 is 39.8 Å². The van der Waals surface area contributed by atoms with Gasteiger partial charge in [0.05, 0.1) is 0 Å². The molecular weight excluding hydrogens is 328 g/mol. The summed E-state index contributed by atoms with van der Waals surface area (Å²) in [6.45, 7) is 0.744. The lowest BCUT2D eigenvalue weighted by molar-refractivity contribution is -0.137. The van der Waals surface area contributed by atoms with Crippen molar-refractivity contribution in [3.8, 4) is 0 Å². The number of aliphatic carboxylic acids is 1.